The Morgan fingerprint density at radius 3 is 1.77 bits per heavy atom. The van der Waals surface area contributed by atoms with Crippen molar-refractivity contribution in [2.75, 3.05) is 19.6 Å². The Bertz CT molecular complexity index is 811. The predicted octanol–water partition coefficient (Wildman–Crippen LogP) is 2.81. The highest BCUT2D eigenvalue weighted by Gasteiger charge is 2.31. The molecule has 0 radical (unpaired) electrons. The summed E-state index contributed by atoms with van der Waals surface area (Å²) in [6.45, 7) is 3.52. The van der Waals surface area contributed by atoms with Crippen molar-refractivity contribution < 1.29 is 16.8 Å². The number of hydrogen-bond donors (Lipinski definition) is 0. The molecule has 2 fully saturated rings. The van der Waals surface area contributed by atoms with Crippen molar-refractivity contribution in [1.29, 1.82) is 0 Å². The molecular formula is C18H28N2O4S2. The zero-order valence-electron chi connectivity index (χ0n) is 15.3. The lowest BCUT2D eigenvalue weighted by Gasteiger charge is -2.32. The van der Waals surface area contributed by atoms with Crippen LogP contribution in [0.25, 0.3) is 0 Å². The van der Waals surface area contributed by atoms with Gasteiger partial charge in [0.15, 0.2) is 0 Å². The molecular weight excluding hydrogens is 372 g/mol. The number of hydrogen-bond acceptors (Lipinski definition) is 4. The zero-order valence-corrected chi connectivity index (χ0v) is 16.9. The van der Waals surface area contributed by atoms with Crippen LogP contribution in [0.4, 0.5) is 0 Å². The highest BCUT2D eigenvalue weighted by molar-refractivity contribution is 7.89. The molecule has 0 bridgehead atoms. The van der Waals surface area contributed by atoms with Crippen molar-refractivity contribution in [3.8, 4) is 0 Å². The largest absolute Gasteiger partial charge is 0.243 e. The molecule has 0 aromatic heterocycles. The normalized spacial score (nSPS) is 24.3. The molecule has 2 aliphatic rings. The van der Waals surface area contributed by atoms with Gasteiger partial charge in [0.2, 0.25) is 20.0 Å². The predicted molar refractivity (Wildman–Crippen MR) is 101 cm³/mol. The lowest BCUT2D eigenvalue weighted by Crippen LogP contribution is -2.41. The van der Waals surface area contributed by atoms with Crippen molar-refractivity contribution in [3.63, 3.8) is 0 Å². The van der Waals surface area contributed by atoms with Gasteiger partial charge in [0.05, 0.1) is 9.79 Å². The smallest absolute Gasteiger partial charge is 0.207 e. The molecule has 1 aromatic rings. The van der Waals surface area contributed by atoms with Gasteiger partial charge in [0.25, 0.3) is 0 Å². The first-order valence-corrected chi connectivity index (χ1v) is 12.3. The quantitative estimate of drug-likeness (QED) is 0.779. The van der Waals surface area contributed by atoms with Crippen LogP contribution in [0.3, 0.4) is 0 Å². The first-order chi connectivity index (χ1) is 12.3. The molecule has 0 saturated carbocycles. The van der Waals surface area contributed by atoms with Gasteiger partial charge >= 0.3 is 0 Å². The van der Waals surface area contributed by atoms with Gasteiger partial charge in [0, 0.05) is 25.7 Å². The van der Waals surface area contributed by atoms with E-state index in [1.165, 1.54) is 32.9 Å². The average molecular weight is 401 g/mol. The second kappa shape index (κ2) is 7.96. The average Bonchev–Trinajstić information content (AvgIpc) is 2.92. The van der Waals surface area contributed by atoms with E-state index in [-0.39, 0.29) is 15.8 Å². The number of piperidine rings is 1. The Kier molecular flexibility index (Phi) is 6.06. The molecule has 0 unspecified atom stereocenters. The van der Waals surface area contributed by atoms with E-state index in [0.29, 0.717) is 19.6 Å². The van der Waals surface area contributed by atoms with Crippen molar-refractivity contribution in [2.24, 2.45) is 0 Å². The van der Waals surface area contributed by atoms with Gasteiger partial charge in [-0.15, -0.1) is 0 Å². The van der Waals surface area contributed by atoms with Crippen LogP contribution in [0, 0.1) is 0 Å². The van der Waals surface area contributed by atoms with Gasteiger partial charge in [-0.2, -0.15) is 8.61 Å². The number of sulfonamides is 2. The number of nitrogens with zero attached hydrogens (tertiary/aromatic N) is 2. The molecule has 146 valence electrons. The molecule has 0 amide bonds. The van der Waals surface area contributed by atoms with E-state index < -0.39 is 20.0 Å². The molecule has 2 aliphatic heterocycles. The zero-order chi connectivity index (χ0) is 18.8. The van der Waals surface area contributed by atoms with Crippen LogP contribution in [0.2, 0.25) is 0 Å². The van der Waals surface area contributed by atoms with E-state index in [0.717, 1.165) is 44.9 Å². The third-order valence-electron chi connectivity index (χ3n) is 5.38. The van der Waals surface area contributed by atoms with Crippen LogP contribution in [-0.2, 0) is 20.0 Å². The number of benzene rings is 1. The maximum atomic E-state index is 12.9. The highest BCUT2D eigenvalue weighted by Crippen LogP contribution is 2.27. The van der Waals surface area contributed by atoms with E-state index >= 15 is 0 Å². The topological polar surface area (TPSA) is 74.8 Å². The lowest BCUT2D eigenvalue weighted by molar-refractivity contribution is 0.268. The van der Waals surface area contributed by atoms with Crippen molar-refractivity contribution in [3.05, 3.63) is 24.3 Å². The summed E-state index contributed by atoms with van der Waals surface area (Å²) in [5.74, 6) is 0. The van der Waals surface area contributed by atoms with Gasteiger partial charge < -0.3 is 0 Å². The molecule has 2 saturated heterocycles. The van der Waals surface area contributed by atoms with Crippen LogP contribution in [0.1, 0.15) is 51.9 Å². The fourth-order valence-electron chi connectivity index (χ4n) is 3.78. The summed E-state index contributed by atoms with van der Waals surface area (Å²) in [6.07, 6.45) is 6.62. The molecule has 2 heterocycles. The summed E-state index contributed by atoms with van der Waals surface area (Å²) in [4.78, 5) is 0.339. The van der Waals surface area contributed by atoms with Crippen molar-refractivity contribution >= 4 is 20.0 Å². The summed E-state index contributed by atoms with van der Waals surface area (Å²) in [5.41, 5.74) is 0. The lowest BCUT2D eigenvalue weighted by atomic mass is 10.1. The van der Waals surface area contributed by atoms with Crippen LogP contribution in [0.15, 0.2) is 34.1 Å². The van der Waals surface area contributed by atoms with E-state index in [4.69, 9.17) is 0 Å². The fourth-order valence-corrected chi connectivity index (χ4v) is 7.00. The summed E-state index contributed by atoms with van der Waals surface area (Å²) in [6, 6.07) is 5.71. The summed E-state index contributed by atoms with van der Waals surface area (Å²) in [5, 5.41) is 0. The summed E-state index contributed by atoms with van der Waals surface area (Å²) < 4.78 is 54.4. The van der Waals surface area contributed by atoms with Gasteiger partial charge in [-0.05, 0) is 56.9 Å². The maximum Gasteiger partial charge on any atom is 0.243 e. The summed E-state index contributed by atoms with van der Waals surface area (Å²) >= 11 is 0. The minimum Gasteiger partial charge on any atom is -0.207 e. The standard InChI is InChI=1S/C18H28N2O4S2/c1-16-8-4-7-15-20(16)26(23,24)18-11-9-17(10-12-18)25(21,22)19-13-5-2-3-6-14-19/h9-12,16H,2-8,13-15H2,1H3/t16-/m1/s1. The first kappa shape index (κ1) is 19.8. The molecule has 0 aliphatic carbocycles. The second-order valence-electron chi connectivity index (χ2n) is 7.25. The molecule has 0 N–H and O–H groups in total. The molecule has 8 heteroatoms. The highest BCUT2D eigenvalue weighted by atomic mass is 32.2. The SMILES string of the molecule is C[C@@H]1CCCCN1S(=O)(=O)c1ccc(S(=O)(=O)N2CCCCCC2)cc1. The van der Waals surface area contributed by atoms with E-state index in [1.807, 2.05) is 6.92 Å². The third kappa shape index (κ3) is 3.98. The Hall–Kier alpha value is -0.960. The molecule has 0 spiro atoms. The van der Waals surface area contributed by atoms with E-state index in [9.17, 15) is 16.8 Å². The van der Waals surface area contributed by atoms with Crippen molar-refractivity contribution in [1.82, 2.24) is 8.61 Å². The van der Waals surface area contributed by atoms with Gasteiger partial charge in [-0.25, -0.2) is 16.8 Å². The molecule has 1 aromatic carbocycles. The second-order valence-corrected chi connectivity index (χ2v) is 11.1. The van der Waals surface area contributed by atoms with Gasteiger partial charge in [-0.3, -0.25) is 0 Å². The van der Waals surface area contributed by atoms with Crippen LogP contribution in [0.5, 0.6) is 0 Å². The molecule has 3 rings (SSSR count). The minimum atomic E-state index is -3.58. The van der Waals surface area contributed by atoms with E-state index in [1.54, 1.807) is 0 Å². The van der Waals surface area contributed by atoms with E-state index in [2.05, 4.69) is 0 Å². The Labute approximate surface area is 157 Å². The monoisotopic (exact) mass is 400 g/mol. The molecule has 6 nitrogen and oxygen atoms in total. The van der Waals surface area contributed by atoms with Crippen molar-refractivity contribution in [2.45, 2.75) is 67.7 Å². The fraction of sp³-hybridized carbons (Fsp3) is 0.667. The van der Waals surface area contributed by atoms with Crippen LogP contribution >= 0.6 is 0 Å². The summed E-state index contributed by atoms with van der Waals surface area (Å²) in [7, 11) is -7.14. The molecule has 1 atom stereocenters. The van der Waals surface area contributed by atoms with Crippen LogP contribution < -0.4 is 0 Å². The molecule has 26 heavy (non-hydrogen) atoms. The Morgan fingerprint density at radius 2 is 1.23 bits per heavy atom. The Balaban J connectivity index is 1.83. The third-order valence-corrected chi connectivity index (χ3v) is 9.32. The first-order valence-electron chi connectivity index (χ1n) is 9.45. The number of rotatable bonds is 4. The Morgan fingerprint density at radius 1 is 0.731 bits per heavy atom. The van der Waals surface area contributed by atoms with Crippen LogP contribution in [-0.4, -0.2) is 51.1 Å². The van der Waals surface area contributed by atoms with Gasteiger partial charge in [0.1, 0.15) is 0 Å². The minimum absolute atomic E-state index is 0.0192. The maximum absolute atomic E-state index is 12.9. The van der Waals surface area contributed by atoms with Gasteiger partial charge in [-0.1, -0.05) is 19.3 Å².